The summed E-state index contributed by atoms with van der Waals surface area (Å²) in [6.07, 6.45) is -4.90. The maximum Gasteiger partial charge on any atom is 0.573 e. The van der Waals surface area contributed by atoms with E-state index in [0.29, 0.717) is 0 Å². The number of sulfonamides is 1. The van der Waals surface area contributed by atoms with Gasteiger partial charge in [0.1, 0.15) is 5.75 Å². The highest BCUT2D eigenvalue weighted by Crippen LogP contribution is 2.25. The van der Waals surface area contributed by atoms with Crippen LogP contribution in [0.2, 0.25) is 0 Å². The number of alkyl halides is 3. The lowest BCUT2D eigenvalue weighted by atomic mass is 10.3. The Bertz CT molecular complexity index is 675. The zero-order valence-electron chi connectivity index (χ0n) is 11.4. The predicted molar refractivity (Wildman–Crippen MR) is 69.5 cm³/mol. The summed E-state index contributed by atoms with van der Waals surface area (Å²) in [6.45, 7) is 0.205. The van der Waals surface area contributed by atoms with Crippen LogP contribution in [-0.2, 0) is 14.8 Å². The second-order valence-corrected chi connectivity index (χ2v) is 6.53. The molecule has 1 amide bonds. The first-order valence-electron chi connectivity index (χ1n) is 6.19. The molecule has 1 atom stereocenters. The highest BCUT2D eigenvalue weighted by atomic mass is 32.2. The molecule has 1 fully saturated rings. The van der Waals surface area contributed by atoms with Crippen LogP contribution in [0.1, 0.15) is 6.42 Å². The van der Waals surface area contributed by atoms with Gasteiger partial charge in [-0.05, 0) is 12.1 Å². The Morgan fingerprint density at radius 2 is 2.05 bits per heavy atom. The van der Waals surface area contributed by atoms with Gasteiger partial charge in [-0.3, -0.25) is 4.79 Å². The predicted octanol–water partition coefficient (Wildman–Crippen LogP) is 1.09. The van der Waals surface area contributed by atoms with Crippen molar-refractivity contribution < 1.29 is 31.1 Å². The molecule has 1 N–H and O–H groups in total. The van der Waals surface area contributed by atoms with Gasteiger partial charge in [-0.15, -0.1) is 13.2 Å². The highest BCUT2D eigenvalue weighted by Gasteiger charge is 2.33. The third-order valence-electron chi connectivity index (χ3n) is 3.01. The molecular formula is C12H13F3N2O4S. The molecule has 6 nitrogen and oxygen atoms in total. The van der Waals surface area contributed by atoms with E-state index in [9.17, 15) is 26.4 Å². The molecule has 0 radical (unpaired) electrons. The lowest BCUT2D eigenvalue weighted by molar-refractivity contribution is -0.274. The smallest absolute Gasteiger partial charge is 0.406 e. The molecule has 0 aromatic heterocycles. The zero-order chi connectivity index (χ0) is 16.5. The minimum atomic E-state index is -4.91. The van der Waals surface area contributed by atoms with Crippen molar-refractivity contribution in [1.82, 2.24) is 9.62 Å². The Balaban J connectivity index is 2.16. The van der Waals surface area contributed by atoms with Crippen molar-refractivity contribution in [3.05, 3.63) is 24.3 Å². The molecule has 2 rings (SSSR count). The second kappa shape index (κ2) is 5.76. The van der Waals surface area contributed by atoms with Crippen molar-refractivity contribution in [2.24, 2.45) is 0 Å². The first-order valence-corrected chi connectivity index (χ1v) is 7.67. The van der Waals surface area contributed by atoms with Crippen LogP contribution in [0, 0.1) is 0 Å². The van der Waals surface area contributed by atoms with Gasteiger partial charge in [0, 0.05) is 32.1 Å². The first-order chi connectivity index (χ1) is 10.1. The van der Waals surface area contributed by atoms with Gasteiger partial charge in [0.05, 0.1) is 4.90 Å². The van der Waals surface area contributed by atoms with Crippen molar-refractivity contribution >= 4 is 15.9 Å². The van der Waals surface area contributed by atoms with Crippen LogP contribution in [0.25, 0.3) is 0 Å². The van der Waals surface area contributed by atoms with E-state index in [1.807, 2.05) is 0 Å². The Hall–Kier alpha value is -1.81. The van der Waals surface area contributed by atoms with Gasteiger partial charge in [0.25, 0.3) is 0 Å². The summed E-state index contributed by atoms with van der Waals surface area (Å²) in [5.41, 5.74) is 0. The van der Waals surface area contributed by atoms with Crippen molar-refractivity contribution in [2.45, 2.75) is 23.7 Å². The molecule has 0 unspecified atom stereocenters. The molecule has 1 aromatic rings. The van der Waals surface area contributed by atoms with E-state index in [2.05, 4.69) is 9.46 Å². The van der Waals surface area contributed by atoms with Gasteiger partial charge >= 0.3 is 6.36 Å². The Kier molecular flexibility index (Phi) is 4.34. The summed E-state index contributed by atoms with van der Waals surface area (Å²) in [6, 6.07) is 3.44. The summed E-state index contributed by atoms with van der Waals surface area (Å²) in [4.78, 5) is 12.4. The van der Waals surface area contributed by atoms with E-state index >= 15 is 0 Å². The fourth-order valence-electron chi connectivity index (χ4n) is 2.07. The Morgan fingerprint density at radius 1 is 1.36 bits per heavy atom. The number of halogens is 3. The standard InChI is InChI=1S/C12H13F3N2O4S/c1-17-7-8(5-11(17)18)16-22(19,20)10-4-2-3-9(6-10)21-12(13,14)15/h2-4,6,8,16H,5,7H2,1H3/t8-/m0/s1. The molecule has 10 heteroatoms. The van der Waals surface area contributed by atoms with Crippen LogP contribution >= 0.6 is 0 Å². The lowest BCUT2D eigenvalue weighted by Gasteiger charge is -2.14. The molecule has 0 aliphatic carbocycles. The van der Waals surface area contributed by atoms with Crippen LogP contribution in [0.4, 0.5) is 13.2 Å². The molecule has 1 aromatic carbocycles. The van der Waals surface area contributed by atoms with Gasteiger partial charge in [0.15, 0.2) is 0 Å². The van der Waals surface area contributed by atoms with E-state index in [0.717, 1.165) is 24.3 Å². The number of rotatable bonds is 4. The fourth-order valence-corrected chi connectivity index (χ4v) is 3.33. The van der Waals surface area contributed by atoms with Crippen molar-refractivity contribution in [2.75, 3.05) is 13.6 Å². The molecule has 1 aliphatic heterocycles. The zero-order valence-corrected chi connectivity index (χ0v) is 12.2. The molecule has 22 heavy (non-hydrogen) atoms. The van der Waals surface area contributed by atoms with Crippen molar-refractivity contribution in [3.63, 3.8) is 0 Å². The minimum Gasteiger partial charge on any atom is -0.406 e. The first kappa shape index (κ1) is 16.6. The number of carbonyl (C=O) groups excluding carboxylic acids is 1. The fraction of sp³-hybridized carbons (Fsp3) is 0.417. The SMILES string of the molecule is CN1C[C@@H](NS(=O)(=O)c2cccc(OC(F)(F)F)c2)CC1=O. The van der Waals surface area contributed by atoms with Crippen LogP contribution in [0.3, 0.4) is 0 Å². The minimum absolute atomic E-state index is 0.00840. The molecule has 1 aliphatic rings. The van der Waals surface area contributed by atoms with Crippen LogP contribution < -0.4 is 9.46 Å². The quantitative estimate of drug-likeness (QED) is 0.892. The van der Waals surface area contributed by atoms with Gasteiger partial charge in [-0.2, -0.15) is 0 Å². The van der Waals surface area contributed by atoms with Gasteiger partial charge in [0.2, 0.25) is 15.9 Å². The number of hydrogen-bond acceptors (Lipinski definition) is 4. The number of likely N-dealkylation sites (tertiary alicyclic amines) is 1. The molecular weight excluding hydrogens is 325 g/mol. The van der Waals surface area contributed by atoms with Crippen LogP contribution in [-0.4, -0.2) is 45.2 Å². The van der Waals surface area contributed by atoms with E-state index < -0.39 is 28.2 Å². The summed E-state index contributed by atoms with van der Waals surface area (Å²) < 4.78 is 66.7. The number of nitrogens with zero attached hydrogens (tertiary/aromatic N) is 1. The number of carbonyl (C=O) groups is 1. The van der Waals surface area contributed by atoms with E-state index in [4.69, 9.17) is 0 Å². The molecule has 122 valence electrons. The molecule has 1 heterocycles. The Labute approximate surface area is 124 Å². The van der Waals surface area contributed by atoms with Crippen molar-refractivity contribution in [3.8, 4) is 5.75 Å². The number of likely N-dealkylation sites (N-methyl/N-ethyl adjacent to an activating group) is 1. The van der Waals surface area contributed by atoms with Gasteiger partial charge in [-0.25, -0.2) is 13.1 Å². The number of hydrogen-bond donors (Lipinski definition) is 1. The topological polar surface area (TPSA) is 75.7 Å². The van der Waals surface area contributed by atoms with Gasteiger partial charge < -0.3 is 9.64 Å². The third-order valence-corrected chi connectivity index (χ3v) is 4.53. The highest BCUT2D eigenvalue weighted by molar-refractivity contribution is 7.89. The van der Waals surface area contributed by atoms with E-state index in [-0.39, 0.29) is 23.8 Å². The van der Waals surface area contributed by atoms with E-state index in [1.165, 1.54) is 11.9 Å². The lowest BCUT2D eigenvalue weighted by Crippen LogP contribution is -2.36. The van der Waals surface area contributed by atoms with E-state index in [1.54, 1.807) is 0 Å². The van der Waals surface area contributed by atoms with Gasteiger partial charge in [-0.1, -0.05) is 6.07 Å². The average molecular weight is 338 g/mol. The van der Waals surface area contributed by atoms with Crippen molar-refractivity contribution in [1.29, 1.82) is 0 Å². The number of benzene rings is 1. The summed E-state index contributed by atoms with van der Waals surface area (Å²) in [5, 5.41) is 0. The van der Waals surface area contributed by atoms with Crippen LogP contribution in [0.5, 0.6) is 5.75 Å². The maximum absolute atomic E-state index is 12.2. The largest absolute Gasteiger partial charge is 0.573 e. The third kappa shape index (κ3) is 4.10. The molecule has 1 saturated heterocycles. The molecule has 0 saturated carbocycles. The monoisotopic (exact) mass is 338 g/mol. The maximum atomic E-state index is 12.2. The molecule has 0 bridgehead atoms. The number of amides is 1. The number of ether oxygens (including phenoxy) is 1. The summed E-state index contributed by atoms with van der Waals surface area (Å²) in [7, 11) is -2.51. The second-order valence-electron chi connectivity index (χ2n) is 4.82. The van der Waals surface area contributed by atoms with Crippen LogP contribution in [0.15, 0.2) is 29.2 Å². The normalized spacial score (nSPS) is 19.5. The summed E-state index contributed by atoms with van der Waals surface area (Å²) >= 11 is 0. The Morgan fingerprint density at radius 3 is 2.59 bits per heavy atom. The molecule has 0 spiro atoms. The average Bonchev–Trinajstić information content (AvgIpc) is 2.65. The summed E-state index contributed by atoms with van der Waals surface area (Å²) in [5.74, 6) is -0.836. The number of nitrogens with one attached hydrogen (secondary N) is 1.